The molecule has 2 aliphatic rings. The third-order valence-electron chi connectivity index (χ3n) is 6.59. The molecular weight excluding hydrogens is 521 g/mol. The van der Waals surface area contributed by atoms with Crippen LogP contribution in [-0.4, -0.2) is 90.6 Å². The fraction of sp³-hybridized carbons (Fsp3) is 0.600. The van der Waals surface area contributed by atoms with Gasteiger partial charge in [0.05, 0.1) is 12.6 Å². The molecule has 38 heavy (non-hydrogen) atoms. The molecule has 208 valence electrons. The van der Waals surface area contributed by atoms with E-state index in [9.17, 15) is 32.8 Å². The maximum atomic E-state index is 13.0. The number of nitrogens with zero attached hydrogens (tertiary/aromatic N) is 4. The highest BCUT2D eigenvalue weighted by Gasteiger charge is 2.46. The van der Waals surface area contributed by atoms with Crippen molar-refractivity contribution in [3.05, 3.63) is 24.3 Å². The third-order valence-corrected chi connectivity index (χ3v) is 8.09. The maximum Gasteiger partial charge on any atom is 0.405 e. The zero-order valence-electron chi connectivity index (χ0n) is 21.5. The van der Waals surface area contributed by atoms with Crippen molar-refractivity contribution >= 4 is 40.9 Å². The van der Waals surface area contributed by atoms with Gasteiger partial charge >= 0.3 is 6.18 Å². The Labute approximate surface area is 224 Å². The van der Waals surface area contributed by atoms with Crippen LogP contribution < -0.4 is 15.5 Å². The van der Waals surface area contributed by atoms with E-state index in [0.717, 1.165) is 37.7 Å². The number of benzene rings is 1. The zero-order valence-corrected chi connectivity index (χ0v) is 22.3. The summed E-state index contributed by atoms with van der Waals surface area (Å²) in [6.45, 7) is 2.71. The van der Waals surface area contributed by atoms with Crippen LogP contribution >= 0.6 is 11.8 Å². The third kappa shape index (κ3) is 7.77. The number of nitriles is 1. The Balaban J connectivity index is 1.61. The molecule has 2 N–H and O–H groups in total. The van der Waals surface area contributed by atoms with Crippen molar-refractivity contribution in [2.75, 3.05) is 56.5 Å². The number of likely N-dealkylation sites (tertiary alicyclic amines) is 1. The molecule has 3 amide bonds. The molecule has 1 aromatic carbocycles. The van der Waals surface area contributed by atoms with Gasteiger partial charge in [-0.15, -0.1) is 11.8 Å². The number of anilines is 2. The highest BCUT2D eigenvalue weighted by Crippen LogP contribution is 2.36. The number of carbonyl (C=O) groups excluding carboxylic acids is 3. The Hall–Kier alpha value is -2.98. The topological polar surface area (TPSA) is 109 Å². The van der Waals surface area contributed by atoms with E-state index in [-0.39, 0.29) is 24.9 Å². The molecule has 2 aliphatic heterocycles. The smallest absolute Gasteiger partial charge is 0.383 e. The van der Waals surface area contributed by atoms with Crippen LogP contribution in [0, 0.1) is 17.2 Å². The molecule has 2 heterocycles. The van der Waals surface area contributed by atoms with Gasteiger partial charge in [0, 0.05) is 31.5 Å². The van der Waals surface area contributed by atoms with E-state index >= 15 is 0 Å². The maximum absolute atomic E-state index is 13.0. The minimum atomic E-state index is -4.61. The van der Waals surface area contributed by atoms with Crippen molar-refractivity contribution in [3.8, 4) is 6.07 Å². The molecule has 0 aromatic heterocycles. The van der Waals surface area contributed by atoms with Crippen LogP contribution in [0.15, 0.2) is 24.3 Å². The molecule has 9 nitrogen and oxygen atoms in total. The molecule has 3 rings (SSSR count). The Kier molecular flexibility index (Phi) is 10.3. The van der Waals surface area contributed by atoms with Crippen LogP contribution in [-0.2, 0) is 14.4 Å². The number of piperidine rings is 1. The fourth-order valence-corrected chi connectivity index (χ4v) is 5.99. The number of amides is 3. The summed E-state index contributed by atoms with van der Waals surface area (Å²) in [4.78, 5) is 43.2. The molecule has 3 atom stereocenters. The second kappa shape index (κ2) is 13.2. The standard InChI is InChI=1S/C25H33F3N6O3S/c1-3-34-23(37)20(38-24(34)19(13-29)22(36)31-16-25(26,27)28)14-30-17-8-7-9-18(12-17)32(2)21(35)15-33-10-5-4-6-11-33/h7-9,12,19-20,24,30H,3-6,10-11,14-16H2,1-2H3,(H,31,36)/t19-,20-,24+/m1/s1. The average molecular weight is 555 g/mol. The Bertz CT molecular complexity index is 1040. The van der Waals surface area contributed by atoms with E-state index < -0.39 is 35.2 Å². The number of rotatable bonds is 10. The van der Waals surface area contributed by atoms with Gasteiger partial charge in [-0.1, -0.05) is 12.5 Å². The van der Waals surface area contributed by atoms with Crippen LogP contribution in [0.1, 0.15) is 26.2 Å². The summed E-state index contributed by atoms with van der Waals surface area (Å²) in [7, 11) is 1.72. The molecule has 13 heteroatoms. The second-order valence-electron chi connectivity index (χ2n) is 9.30. The molecule has 0 unspecified atom stereocenters. The quantitative estimate of drug-likeness (QED) is 0.458. The first-order chi connectivity index (χ1) is 18.0. The van der Waals surface area contributed by atoms with Crippen molar-refractivity contribution in [1.82, 2.24) is 15.1 Å². The molecule has 2 saturated heterocycles. The normalized spacial score (nSPS) is 21.1. The van der Waals surface area contributed by atoms with E-state index in [2.05, 4.69) is 10.2 Å². The highest BCUT2D eigenvalue weighted by molar-refractivity contribution is 8.01. The molecule has 0 bridgehead atoms. The average Bonchev–Trinajstić information content (AvgIpc) is 3.21. The Morgan fingerprint density at radius 3 is 2.61 bits per heavy atom. The van der Waals surface area contributed by atoms with Gasteiger partial charge in [-0.25, -0.2) is 0 Å². The summed E-state index contributed by atoms with van der Waals surface area (Å²) in [5.41, 5.74) is 1.38. The number of likely N-dealkylation sites (N-methyl/N-ethyl adjacent to an activating group) is 1. The van der Waals surface area contributed by atoms with Gasteiger partial charge in [0.2, 0.25) is 17.7 Å². The van der Waals surface area contributed by atoms with Crippen molar-refractivity contribution < 1.29 is 27.6 Å². The molecular formula is C25H33F3N6O3S. The molecule has 2 fully saturated rings. The lowest BCUT2D eigenvalue weighted by Gasteiger charge is -2.28. The lowest BCUT2D eigenvalue weighted by Crippen LogP contribution is -2.45. The van der Waals surface area contributed by atoms with Gasteiger partial charge in [-0.2, -0.15) is 18.4 Å². The number of thioether (sulfide) groups is 1. The lowest BCUT2D eigenvalue weighted by molar-refractivity contribution is -0.141. The van der Waals surface area contributed by atoms with Crippen molar-refractivity contribution in [2.45, 2.75) is 43.0 Å². The molecule has 0 radical (unpaired) electrons. The van der Waals surface area contributed by atoms with Crippen molar-refractivity contribution in [3.63, 3.8) is 0 Å². The Morgan fingerprint density at radius 1 is 1.26 bits per heavy atom. The van der Waals surface area contributed by atoms with E-state index in [0.29, 0.717) is 17.9 Å². The van der Waals surface area contributed by atoms with E-state index in [1.165, 1.54) is 11.3 Å². The van der Waals surface area contributed by atoms with E-state index in [4.69, 9.17) is 0 Å². The number of halogens is 3. The summed E-state index contributed by atoms with van der Waals surface area (Å²) in [6.07, 6.45) is -1.23. The van der Waals surface area contributed by atoms with Gasteiger partial charge in [0.1, 0.15) is 17.2 Å². The van der Waals surface area contributed by atoms with Crippen LogP contribution in [0.2, 0.25) is 0 Å². The molecule has 0 aliphatic carbocycles. The number of hydrogen-bond donors (Lipinski definition) is 2. The molecule has 1 aromatic rings. The molecule has 0 spiro atoms. The molecule has 0 saturated carbocycles. The van der Waals surface area contributed by atoms with Crippen molar-refractivity contribution in [2.24, 2.45) is 5.92 Å². The van der Waals surface area contributed by atoms with Crippen LogP contribution in [0.5, 0.6) is 0 Å². The largest absolute Gasteiger partial charge is 0.405 e. The van der Waals surface area contributed by atoms with Gasteiger partial charge in [-0.05, 0) is 51.1 Å². The number of alkyl halides is 3. The van der Waals surface area contributed by atoms with Crippen LogP contribution in [0.25, 0.3) is 0 Å². The first-order valence-electron chi connectivity index (χ1n) is 12.6. The Morgan fingerprint density at radius 2 is 1.97 bits per heavy atom. The first kappa shape index (κ1) is 29.6. The number of hydrogen-bond acceptors (Lipinski definition) is 7. The summed E-state index contributed by atoms with van der Waals surface area (Å²) in [5.74, 6) is -2.83. The van der Waals surface area contributed by atoms with Gasteiger partial charge < -0.3 is 20.4 Å². The predicted octanol–water partition coefficient (Wildman–Crippen LogP) is 2.66. The summed E-state index contributed by atoms with van der Waals surface area (Å²) in [5, 5.41) is 12.9. The van der Waals surface area contributed by atoms with E-state index in [1.807, 2.05) is 6.07 Å². The fourth-order valence-electron chi connectivity index (χ4n) is 4.48. The highest BCUT2D eigenvalue weighted by atomic mass is 32.2. The van der Waals surface area contributed by atoms with Gasteiger partial charge in [-0.3, -0.25) is 19.3 Å². The van der Waals surface area contributed by atoms with Gasteiger partial charge in [0.25, 0.3) is 0 Å². The van der Waals surface area contributed by atoms with Crippen LogP contribution in [0.4, 0.5) is 24.5 Å². The SMILES string of the molecule is CCN1C(=O)[C@@H](CNc2cccc(N(C)C(=O)CN3CCCCC3)c2)S[C@H]1[C@H](C#N)C(=O)NCC(F)(F)F. The first-order valence-corrected chi connectivity index (χ1v) is 13.5. The summed E-state index contributed by atoms with van der Waals surface area (Å²) in [6, 6.07) is 8.98. The lowest BCUT2D eigenvalue weighted by atomic mass is 10.1. The second-order valence-corrected chi connectivity index (χ2v) is 10.6. The minimum absolute atomic E-state index is 0.0154. The van der Waals surface area contributed by atoms with Gasteiger partial charge in [0.15, 0.2) is 5.92 Å². The predicted molar refractivity (Wildman–Crippen MR) is 139 cm³/mol. The summed E-state index contributed by atoms with van der Waals surface area (Å²) >= 11 is 1.08. The van der Waals surface area contributed by atoms with E-state index in [1.54, 1.807) is 48.5 Å². The van der Waals surface area contributed by atoms with Crippen LogP contribution in [0.3, 0.4) is 0 Å². The number of nitrogens with one attached hydrogen (secondary N) is 2. The monoisotopic (exact) mass is 554 g/mol. The zero-order chi connectivity index (χ0) is 27.9. The number of carbonyl (C=O) groups is 3. The summed E-state index contributed by atoms with van der Waals surface area (Å²) < 4.78 is 37.6. The van der Waals surface area contributed by atoms with Crippen molar-refractivity contribution in [1.29, 1.82) is 5.26 Å². The minimum Gasteiger partial charge on any atom is -0.383 e.